The summed E-state index contributed by atoms with van der Waals surface area (Å²) in [6.07, 6.45) is 0.552. The molecule has 1 fully saturated rings. The molecule has 0 aromatic rings. The molecule has 1 amide bonds. The summed E-state index contributed by atoms with van der Waals surface area (Å²) in [4.78, 5) is 24.3. The predicted octanol–water partition coefficient (Wildman–Crippen LogP) is -0.755. The smallest absolute Gasteiger partial charge is 0.305 e. The number of nitrogens with two attached hydrogens (primary N) is 1. The molecule has 0 spiro atoms. The predicted molar refractivity (Wildman–Crippen MR) is 63.4 cm³/mol. The quantitative estimate of drug-likeness (QED) is 0.603. The van der Waals surface area contributed by atoms with E-state index in [1.54, 1.807) is 0 Å². The first kappa shape index (κ1) is 13.9. The van der Waals surface area contributed by atoms with E-state index in [0.717, 1.165) is 19.5 Å². The number of carboxylic acid groups (broad SMARTS) is 1. The molecular formula is C11H21N3O3. The zero-order chi connectivity index (χ0) is 13.0. The number of likely N-dealkylation sites (tertiary alicyclic amines) is 1. The first-order chi connectivity index (χ1) is 7.90. The fraction of sp³-hybridized carbons (Fsp3) is 0.818. The normalized spacial score (nSPS) is 27.5. The highest BCUT2D eigenvalue weighted by atomic mass is 16.4. The van der Waals surface area contributed by atoms with Gasteiger partial charge in [-0.2, -0.15) is 0 Å². The minimum absolute atomic E-state index is 0.0959. The summed E-state index contributed by atoms with van der Waals surface area (Å²) < 4.78 is 0. The first-order valence-electron chi connectivity index (χ1n) is 5.86. The highest BCUT2D eigenvalue weighted by Crippen LogP contribution is 2.15. The number of rotatable bonds is 4. The second-order valence-corrected chi connectivity index (χ2v) is 4.85. The summed E-state index contributed by atoms with van der Waals surface area (Å²) in [7, 11) is 2.05. The summed E-state index contributed by atoms with van der Waals surface area (Å²) in [5.41, 5.74) is 5.50. The maximum absolute atomic E-state index is 11.7. The van der Waals surface area contributed by atoms with Crippen molar-refractivity contribution in [3.63, 3.8) is 0 Å². The molecule has 0 bridgehead atoms. The summed E-state index contributed by atoms with van der Waals surface area (Å²) in [5.74, 6) is -1.06. The van der Waals surface area contributed by atoms with Crippen LogP contribution >= 0.6 is 0 Å². The molecule has 0 aromatic carbocycles. The topological polar surface area (TPSA) is 95.7 Å². The molecule has 17 heavy (non-hydrogen) atoms. The average molecular weight is 243 g/mol. The van der Waals surface area contributed by atoms with Gasteiger partial charge in [0.2, 0.25) is 5.91 Å². The van der Waals surface area contributed by atoms with Crippen LogP contribution < -0.4 is 11.1 Å². The molecule has 1 heterocycles. The standard InChI is InChI=1S/C11H21N3O3/c1-7-6-14(2)4-3-9(7)13-11(17)8(12)5-10(15)16/h7-9H,3-6,12H2,1-2H3,(H,13,17)(H,15,16). The highest BCUT2D eigenvalue weighted by molar-refractivity contribution is 5.86. The summed E-state index contributed by atoms with van der Waals surface area (Å²) >= 11 is 0. The lowest BCUT2D eigenvalue weighted by Gasteiger charge is -2.35. The Morgan fingerprint density at radius 1 is 1.59 bits per heavy atom. The number of aliphatic carboxylic acids is 1. The van der Waals surface area contributed by atoms with Crippen molar-refractivity contribution in [2.75, 3.05) is 20.1 Å². The summed E-state index contributed by atoms with van der Waals surface area (Å²) in [6.45, 7) is 3.94. The minimum Gasteiger partial charge on any atom is -0.481 e. The molecule has 1 rings (SSSR count). The van der Waals surface area contributed by atoms with Crippen molar-refractivity contribution in [3.8, 4) is 0 Å². The molecule has 0 radical (unpaired) electrons. The van der Waals surface area contributed by atoms with E-state index in [2.05, 4.69) is 17.1 Å². The van der Waals surface area contributed by atoms with E-state index in [0.29, 0.717) is 5.92 Å². The number of nitrogens with one attached hydrogen (secondary N) is 1. The van der Waals surface area contributed by atoms with Gasteiger partial charge in [0.25, 0.3) is 0 Å². The van der Waals surface area contributed by atoms with E-state index >= 15 is 0 Å². The Morgan fingerprint density at radius 2 is 2.24 bits per heavy atom. The van der Waals surface area contributed by atoms with Gasteiger partial charge in [0, 0.05) is 12.6 Å². The van der Waals surface area contributed by atoms with Gasteiger partial charge in [-0.3, -0.25) is 9.59 Å². The van der Waals surface area contributed by atoms with E-state index in [1.807, 2.05) is 7.05 Å². The van der Waals surface area contributed by atoms with Gasteiger partial charge in [-0.15, -0.1) is 0 Å². The van der Waals surface area contributed by atoms with Gasteiger partial charge >= 0.3 is 5.97 Å². The summed E-state index contributed by atoms with van der Waals surface area (Å²) in [5, 5.41) is 11.4. The highest BCUT2D eigenvalue weighted by Gasteiger charge is 2.27. The number of carbonyl (C=O) groups is 2. The number of nitrogens with zero attached hydrogens (tertiary/aromatic N) is 1. The van der Waals surface area contributed by atoms with E-state index in [1.165, 1.54) is 0 Å². The molecule has 3 atom stereocenters. The summed E-state index contributed by atoms with van der Waals surface area (Å²) in [6, 6.07) is -0.863. The molecule has 98 valence electrons. The van der Waals surface area contributed by atoms with Crippen LogP contribution in [0.5, 0.6) is 0 Å². The molecular weight excluding hydrogens is 222 g/mol. The number of piperidine rings is 1. The van der Waals surface area contributed by atoms with Gasteiger partial charge in [-0.25, -0.2) is 0 Å². The SMILES string of the molecule is CC1CN(C)CCC1NC(=O)C(N)CC(=O)O. The Labute approximate surface area is 101 Å². The van der Waals surface area contributed by atoms with Crippen molar-refractivity contribution in [2.45, 2.75) is 31.8 Å². The lowest BCUT2D eigenvalue weighted by Crippen LogP contribution is -2.53. The van der Waals surface area contributed by atoms with Crippen LogP contribution in [-0.4, -0.2) is 54.1 Å². The number of carboxylic acids is 1. The third-order valence-corrected chi connectivity index (χ3v) is 3.17. The Morgan fingerprint density at radius 3 is 2.76 bits per heavy atom. The van der Waals surface area contributed by atoms with Gasteiger partial charge in [0.1, 0.15) is 0 Å². The molecule has 0 aliphatic carbocycles. The third kappa shape index (κ3) is 4.32. The molecule has 6 nitrogen and oxygen atoms in total. The lowest BCUT2D eigenvalue weighted by molar-refractivity contribution is -0.139. The van der Waals surface area contributed by atoms with E-state index in [9.17, 15) is 9.59 Å². The van der Waals surface area contributed by atoms with Crippen molar-refractivity contribution in [3.05, 3.63) is 0 Å². The second kappa shape index (κ2) is 5.97. The van der Waals surface area contributed by atoms with Gasteiger partial charge < -0.3 is 21.1 Å². The second-order valence-electron chi connectivity index (χ2n) is 4.85. The average Bonchev–Trinajstić information content (AvgIpc) is 2.21. The van der Waals surface area contributed by atoms with Crippen molar-refractivity contribution in [1.29, 1.82) is 0 Å². The molecule has 4 N–H and O–H groups in total. The fourth-order valence-corrected chi connectivity index (χ4v) is 2.14. The molecule has 6 heteroatoms. The van der Waals surface area contributed by atoms with E-state index < -0.39 is 12.0 Å². The minimum atomic E-state index is -1.05. The van der Waals surface area contributed by atoms with Crippen LogP contribution in [0.1, 0.15) is 19.8 Å². The monoisotopic (exact) mass is 243 g/mol. The number of carbonyl (C=O) groups excluding carboxylic acids is 1. The van der Waals surface area contributed by atoms with Crippen LogP contribution in [-0.2, 0) is 9.59 Å². The Balaban J connectivity index is 2.42. The molecule has 1 aliphatic rings. The maximum Gasteiger partial charge on any atom is 0.305 e. The van der Waals surface area contributed by atoms with Crippen molar-refractivity contribution >= 4 is 11.9 Å². The Bertz CT molecular complexity index is 296. The lowest BCUT2D eigenvalue weighted by atomic mass is 9.94. The van der Waals surface area contributed by atoms with Crippen LogP contribution in [0, 0.1) is 5.92 Å². The van der Waals surface area contributed by atoms with Gasteiger partial charge in [-0.1, -0.05) is 6.92 Å². The van der Waals surface area contributed by atoms with Gasteiger partial charge in [-0.05, 0) is 25.9 Å². The van der Waals surface area contributed by atoms with Gasteiger partial charge in [0.15, 0.2) is 0 Å². The molecule has 1 saturated heterocycles. The number of amides is 1. The largest absolute Gasteiger partial charge is 0.481 e. The molecule has 0 aromatic heterocycles. The first-order valence-corrected chi connectivity index (χ1v) is 5.86. The van der Waals surface area contributed by atoms with Crippen LogP contribution in [0.2, 0.25) is 0 Å². The molecule has 1 aliphatic heterocycles. The van der Waals surface area contributed by atoms with Crippen molar-refractivity contribution < 1.29 is 14.7 Å². The van der Waals surface area contributed by atoms with E-state index in [-0.39, 0.29) is 18.4 Å². The number of hydrogen-bond acceptors (Lipinski definition) is 4. The Kier molecular flexibility index (Phi) is 4.89. The zero-order valence-corrected chi connectivity index (χ0v) is 10.3. The van der Waals surface area contributed by atoms with Crippen molar-refractivity contribution in [1.82, 2.24) is 10.2 Å². The number of hydrogen-bond donors (Lipinski definition) is 3. The van der Waals surface area contributed by atoms with Crippen LogP contribution in [0.3, 0.4) is 0 Å². The fourth-order valence-electron chi connectivity index (χ4n) is 2.14. The van der Waals surface area contributed by atoms with Crippen LogP contribution in [0.4, 0.5) is 0 Å². The molecule has 3 unspecified atom stereocenters. The van der Waals surface area contributed by atoms with Crippen molar-refractivity contribution in [2.24, 2.45) is 11.7 Å². The van der Waals surface area contributed by atoms with Gasteiger partial charge in [0.05, 0.1) is 12.5 Å². The van der Waals surface area contributed by atoms with E-state index in [4.69, 9.17) is 10.8 Å². The molecule has 0 saturated carbocycles. The zero-order valence-electron chi connectivity index (χ0n) is 10.3. The Hall–Kier alpha value is -1.14. The van der Waals surface area contributed by atoms with Crippen LogP contribution in [0.15, 0.2) is 0 Å². The van der Waals surface area contributed by atoms with Crippen LogP contribution in [0.25, 0.3) is 0 Å². The maximum atomic E-state index is 11.7. The third-order valence-electron chi connectivity index (χ3n) is 3.17.